The van der Waals surface area contributed by atoms with E-state index in [9.17, 15) is 0 Å². The number of amidine groups is 1. The predicted octanol–water partition coefficient (Wildman–Crippen LogP) is 7.20. The third kappa shape index (κ3) is 5.25. The van der Waals surface area contributed by atoms with Gasteiger partial charge in [-0.05, 0) is 47.4 Å². The molecule has 0 radical (unpaired) electrons. The molecule has 0 aliphatic carbocycles. The zero-order valence-corrected chi connectivity index (χ0v) is 20.4. The summed E-state index contributed by atoms with van der Waals surface area (Å²) in [6.07, 6.45) is 1.07. The maximum absolute atomic E-state index is 15.0. The molecule has 0 unspecified atom stereocenters. The van der Waals surface area contributed by atoms with Gasteiger partial charge in [0.25, 0.3) is 0 Å². The molecule has 5 heteroatoms. The van der Waals surface area contributed by atoms with Crippen LogP contribution < -0.4 is 10.1 Å². The third-order valence-corrected chi connectivity index (χ3v) is 7.21. The van der Waals surface area contributed by atoms with Gasteiger partial charge in [0, 0.05) is 40.4 Å². The van der Waals surface area contributed by atoms with Crippen molar-refractivity contribution in [2.24, 2.45) is 4.99 Å². The number of aliphatic imine (C=N–C) groups is 1. The van der Waals surface area contributed by atoms with Crippen LogP contribution in [0.15, 0.2) is 101 Å². The van der Waals surface area contributed by atoms with Gasteiger partial charge in [-0.25, -0.2) is 4.39 Å². The van der Waals surface area contributed by atoms with E-state index in [0.29, 0.717) is 5.56 Å². The largest absolute Gasteiger partial charge is 0.496 e. The first-order valence-electron chi connectivity index (χ1n) is 11.8. The number of ether oxygens (including phenoxy) is 1. The van der Waals surface area contributed by atoms with Crippen molar-refractivity contribution in [1.82, 2.24) is 5.32 Å². The molecule has 1 N–H and O–H groups in total. The molecule has 35 heavy (non-hydrogen) atoms. The Bertz CT molecular complexity index is 1350. The van der Waals surface area contributed by atoms with Crippen LogP contribution in [0.4, 0.5) is 4.39 Å². The molecule has 0 spiro atoms. The maximum Gasteiger partial charge on any atom is 0.131 e. The lowest BCUT2D eigenvalue weighted by atomic mass is 9.98. The van der Waals surface area contributed by atoms with Crippen molar-refractivity contribution < 1.29 is 9.13 Å². The zero-order valence-electron chi connectivity index (χ0n) is 19.6. The Morgan fingerprint density at radius 2 is 1.63 bits per heavy atom. The fraction of sp³-hybridized carbons (Fsp3) is 0.167. The van der Waals surface area contributed by atoms with Gasteiger partial charge >= 0.3 is 0 Å². The average Bonchev–Trinajstić information content (AvgIpc) is 2.93. The van der Waals surface area contributed by atoms with Crippen LogP contribution in [0, 0.1) is 5.82 Å². The van der Waals surface area contributed by atoms with E-state index in [4.69, 9.17) is 4.74 Å². The van der Waals surface area contributed by atoms with Crippen LogP contribution in [-0.4, -0.2) is 26.0 Å². The molecular formula is C30H27FN2OS. The van der Waals surface area contributed by atoms with E-state index in [1.165, 1.54) is 4.90 Å². The fourth-order valence-electron chi connectivity index (χ4n) is 4.27. The number of hydrogen-bond acceptors (Lipinski definition) is 4. The van der Waals surface area contributed by atoms with Crippen LogP contribution >= 0.6 is 11.8 Å². The maximum atomic E-state index is 15.0. The van der Waals surface area contributed by atoms with Crippen molar-refractivity contribution in [3.05, 3.63) is 108 Å². The molecular weight excluding hydrogens is 455 g/mol. The van der Waals surface area contributed by atoms with E-state index in [1.807, 2.05) is 60.7 Å². The second-order valence-electron chi connectivity index (χ2n) is 8.38. The highest BCUT2D eigenvalue weighted by Gasteiger charge is 2.14. The molecule has 3 nitrogen and oxygen atoms in total. The number of methoxy groups -OCH3 is 1. The smallest absolute Gasteiger partial charge is 0.131 e. The summed E-state index contributed by atoms with van der Waals surface area (Å²) in [5.41, 5.74) is 5.49. The minimum atomic E-state index is -0.227. The zero-order chi connectivity index (χ0) is 24.0. The highest BCUT2D eigenvalue weighted by Crippen LogP contribution is 2.34. The number of halogens is 1. The molecule has 1 aliphatic rings. The number of hydrogen-bond donors (Lipinski definition) is 1. The standard InChI is InChI=1S/C30H27FN2OS/c1-34-28-15-13-22(23-12-14-25(27(31)19-23)21-8-3-2-4-9-21)18-24(28)20-35-29-11-6-5-10-26(29)30-32-16-7-17-33-30/h2-6,8-15,18-19H,7,16-17,20H2,1H3,(H,32,33). The van der Waals surface area contributed by atoms with Crippen molar-refractivity contribution in [3.8, 4) is 28.0 Å². The molecule has 0 saturated heterocycles. The van der Waals surface area contributed by atoms with Gasteiger partial charge in [0.1, 0.15) is 17.4 Å². The van der Waals surface area contributed by atoms with Gasteiger partial charge in [0.2, 0.25) is 0 Å². The summed E-state index contributed by atoms with van der Waals surface area (Å²) in [5.74, 6) is 2.30. The molecule has 1 aliphatic heterocycles. The van der Waals surface area contributed by atoms with Gasteiger partial charge in [-0.2, -0.15) is 0 Å². The van der Waals surface area contributed by atoms with E-state index in [1.54, 1.807) is 24.9 Å². The van der Waals surface area contributed by atoms with E-state index in [-0.39, 0.29) is 5.82 Å². The number of nitrogens with zero attached hydrogens (tertiary/aromatic N) is 1. The molecule has 4 aromatic carbocycles. The summed E-state index contributed by atoms with van der Waals surface area (Å²) in [4.78, 5) is 5.84. The van der Waals surface area contributed by atoms with Gasteiger partial charge in [-0.3, -0.25) is 4.99 Å². The lowest BCUT2D eigenvalue weighted by molar-refractivity contribution is 0.411. The second kappa shape index (κ2) is 10.8. The Balaban J connectivity index is 1.41. The van der Waals surface area contributed by atoms with Crippen molar-refractivity contribution in [3.63, 3.8) is 0 Å². The van der Waals surface area contributed by atoms with E-state index >= 15 is 4.39 Å². The van der Waals surface area contributed by atoms with Crippen LogP contribution in [-0.2, 0) is 5.75 Å². The van der Waals surface area contributed by atoms with Gasteiger partial charge in [-0.1, -0.05) is 66.7 Å². The highest BCUT2D eigenvalue weighted by molar-refractivity contribution is 7.98. The Hall–Kier alpha value is -3.57. The van der Waals surface area contributed by atoms with Crippen LogP contribution in [0.3, 0.4) is 0 Å². The van der Waals surface area contributed by atoms with Crippen molar-refractivity contribution in [2.45, 2.75) is 17.1 Å². The Morgan fingerprint density at radius 3 is 2.40 bits per heavy atom. The molecule has 0 fully saturated rings. The minimum Gasteiger partial charge on any atom is -0.496 e. The van der Waals surface area contributed by atoms with Crippen LogP contribution in [0.25, 0.3) is 22.3 Å². The predicted molar refractivity (Wildman–Crippen MR) is 144 cm³/mol. The first-order valence-corrected chi connectivity index (χ1v) is 12.7. The highest BCUT2D eigenvalue weighted by atomic mass is 32.2. The lowest BCUT2D eigenvalue weighted by Gasteiger charge is -2.18. The first kappa shape index (κ1) is 23.2. The quantitative estimate of drug-likeness (QED) is 0.283. The van der Waals surface area contributed by atoms with Gasteiger partial charge in [0.15, 0.2) is 0 Å². The molecule has 4 aromatic rings. The Morgan fingerprint density at radius 1 is 0.857 bits per heavy atom. The third-order valence-electron chi connectivity index (χ3n) is 6.09. The van der Waals surface area contributed by atoms with Crippen LogP contribution in [0.1, 0.15) is 17.5 Å². The van der Waals surface area contributed by atoms with Gasteiger partial charge in [-0.15, -0.1) is 11.8 Å². The van der Waals surface area contributed by atoms with E-state index < -0.39 is 0 Å². The molecule has 5 rings (SSSR count). The summed E-state index contributed by atoms with van der Waals surface area (Å²) >= 11 is 1.76. The monoisotopic (exact) mass is 482 g/mol. The molecule has 0 amide bonds. The van der Waals surface area contributed by atoms with Crippen LogP contribution in [0.5, 0.6) is 5.75 Å². The SMILES string of the molecule is COc1ccc(-c2ccc(-c3ccccc3)c(F)c2)cc1CSc1ccccc1C1=NCCCN1. The van der Waals surface area contributed by atoms with Crippen molar-refractivity contribution in [1.29, 1.82) is 0 Å². The average molecular weight is 483 g/mol. The van der Waals surface area contributed by atoms with E-state index in [0.717, 1.165) is 64.7 Å². The molecule has 1 heterocycles. The fourth-order valence-corrected chi connectivity index (χ4v) is 5.31. The molecule has 0 atom stereocenters. The first-order chi connectivity index (χ1) is 17.2. The number of nitrogens with one attached hydrogen (secondary N) is 1. The van der Waals surface area contributed by atoms with Crippen LogP contribution in [0.2, 0.25) is 0 Å². The van der Waals surface area contributed by atoms with Gasteiger partial charge in [0.05, 0.1) is 7.11 Å². The summed E-state index contributed by atoms with van der Waals surface area (Å²) in [6, 6.07) is 29.5. The second-order valence-corrected chi connectivity index (χ2v) is 9.40. The summed E-state index contributed by atoms with van der Waals surface area (Å²) in [6.45, 7) is 1.81. The van der Waals surface area contributed by atoms with Crippen molar-refractivity contribution >= 4 is 17.6 Å². The summed E-state index contributed by atoms with van der Waals surface area (Å²) < 4.78 is 20.7. The number of benzene rings is 4. The molecule has 176 valence electrons. The number of thioether (sulfide) groups is 1. The Kier molecular flexibility index (Phi) is 7.15. The Labute approximate surface area is 210 Å². The molecule has 0 saturated carbocycles. The minimum absolute atomic E-state index is 0.227. The summed E-state index contributed by atoms with van der Waals surface area (Å²) in [7, 11) is 1.69. The molecule has 0 aromatic heterocycles. The van der Waals surface area contributed by atoms with Gasteiger partial charge < -0.3 is 10.1 Å². The van der Waals surface area contributed by atoms with Crippen molar-refractivity contribution in [2.75, 3.05) is 20.2 Å². The summed E-state index contributed by atoms with van der Waals surface area (Å²) in [5, 5.41) is 3.43. The normalized spacial score (nSPS) is 13.1. The topological polar surface area (TPSA) is 33.6 Å². The number of rotatable bonds is 7. The molecule has 0 bridgehead atoms. The van der Waals surface area contributed by atoms with E-state index in [2.05, 4.69) is 34.6 Å². The lowest BCUT2D eigenvalue weighted by Crippen LogP contribution is -2.30.